The molecule has 0 radical (unpaired) electrons. The van der Waals surface area contributed by atoms with Crippen molar-refractivity contribution in [2.75, 3.05) is 17.6 Å². The maximum absolute atomic E-state index is 11.8. The Balaban J connectivity index is 3.01. The van der Waals surface area contributed by atoms with Gasteiger partial charge < -0.3 is 11.1 Å². The highest BCUT2D eigenvalue weighted by molar-refractivity contribution is 7.91. The molecule has 16 heavy (non-hydrogen) atoms. The number of nitrogens with one attached hydrogen (secondary N) is 1. The first kappa shape index (κ1) is 13.0. The molecule has 1 aromatic carbocycles. The largest absolute Gasteiger partial charge is 0.382 e. The molecule has 90 valence electrons. The van der Waals surface area contributed by atoms with Gasteiger partial charge >= 0.3 is 0 Å². The molecule has 1 unspecified atom stereocenters. The average Bonchev–Trinajstić information content (AvgIpc) is 2.26. The summed E-state index contributed by atoms with van der Waals surface area (Å²) in [4.78, 5) is 0.346. The van der Waals surface area contributed by atoms with E-state index in [0.717, 1.165) is 0 Å². The molecule has 0 saturated heterocycles. The van der Waals surface area contributed by atoms with Crippen LogP contribution in [0.15, 0.2) is 29.2 Å². The van der Waals surface area contributed by atoms with Crippen LogP contribution in [-0.2, 0) is 9.84 Å². The average molecular weight is 242 g/mol. The van der Waals surface area contributed by atoms with Crippen LogP contribution in [0.1, 0.15) is 13.8 Å². The maximum atomic E-state index is 11.8. The zero-order valence-corrected chi connectivity index (χ0v) is 10.4. The maximum Gasteiger partial charge on any atom is 0.180 e. The van der Waals surface area contributed by atoms with Crippen LogP contribution >= 0.6 is 0 Å². The van der Waals surface area contributed by atoms with Crippen molar-refractivity contribution in [1.82, 2.24) is 0 Å². The van der Waals surface area contributed by atoms with E-state index in [1.807, 2.05) is 6.92 Å². The van der Waals surface area contributed by atoms with Gasteiger partial charge in [0.25, 0.3) is 0 Å². The summed E-state index contributed by atoms with van der Waals surface area (Å²) in [5.41, 5.74) is 6.25. The van der Waals surface area contributed by atoms with Gasteiger partial charge in [0.2, 0.25) is 0 Å². The van der Waals surface area contributed by atoms with Crippen LogP contribution in [0.2, 0.25) is 0 Å². The summed E-state index contributed by atoms with van der Waals surface area (Å²) in [5, 5.41) is 3.05. The zero-order valence-electron chi connectivity index (χ0n) is 9.60. The zero-order chi connectivity index (χ0) is 12.2. The van der Waals surface area contributed by atoms with Gasteiger partial charge in [0.1, 0.15) is 0 Å². The van der Waals surface area contributed by atoms with Gasteiger partial charge in [-0.3, -0.25) is 0 Å². The van der Waals surface area contributed by atoms with Gasteiger partial charge in [-0.05, 0) is 19.1 Å². The van der Waals surface area contributed by atoms with Crippen molar-refractivity contribution in [2.45, 2.75) is 24.8 Å². The monoisotopic (exact) mass is 242 g/mol. The number of para-hydroxylation sites is 1. The predicted molar refractivity (Wildman–Crippen MR) is 66.3 cm³/mol. The van der Waals surface area contributed by atoms with Crippen LogP contribution < -0.4 is 11.1 Å². The summed E-state index contributed by atoms with van der Waals surface area (Å²) in [6.45, 7) is 4.05. The summed E-state index contributed by atoms with van der Waals surface area (Å²) in [7, 11) is -3.18. The molecule has 0 amide bonds. The molecular formula is C11H18N2O2S. The van der Waals surface area contributed by atoms with E-state index in [9.17, 15) is 8.42 Å². The number of anilines is 1. The Labute approximate surface area is 96.8 Å². The Kier molecular flexibility index (Phi) is 4.32. The Morgan fingerprint density at radius 1 is 1.38 bits per heavy atom. The highest BCUT2D eigenvalue weighted by atomic mass is 32.2. The molecule has 1 rings (SSSR count). The lowest BCUT2D eigenvalue weighted by Crippen LogP contribution is -2.25. The van der Waals surface area contributed by atoms with Crippen LogP contribution in [0.5, 0.6) is 0 Å². The molecule has 1 atom stereocenters. The van der Waals surface area contributed by atoms with E-state index in [-0.39, 0.29) is 11.8 Å². The van der Waals surface area contributed by atoms with Crippen LogP contribution in [-0.4, -0.2) is 26.8 Å². The summed E-state index contributed by atoms with van der Waals surface area (Å²) in [5.74, 6) is 0.101. The van der Waals surface area contributed by atoms with E-state index in [1.165, 1.54) is 0 Å². The van der Waals surface area contributed by atoms with E-state index in [4.69, 9.17) is 5.73 Å². The van der Waals surface area contributed by atoms with Gasteiger partial charge in [0, 0.05) is 12.6 Å². The van der Waals surface area contributed by atoms with E-state index in [1.54, 1.807) is 31.2 Å². The van der Waals surface area contributed by atoms with E-state index in [2.05, 4.69) is 5.32 Å². The first-order valence-corrected chi connectivity index (χ1v) is 6.94. The Hall–Kier alpha value is -1.07. The number of hydrogen-bond acceptors (Lipinski definition) is 4. The van der Waals surface area contributed by atoms with Crippen molar-refractivity contribution >= 4 is 15.5 Å². The molecule has 0 aliphatic carbocycles. The van der Waals surface area contributed by atoms with Crippen LogP contribution in [0.3, 0.4) is 0 Å². The van der Waals surface area contributed by atoms with Crippen molar-refractivity contribution < 1.29 is 8.42 Å². The van der Waals surface area contributed by atoms with Crippen LogP contribution in [0.25, 0.3) is 0 Å². The molecule has 1 aromatic rings. The number of rotatable bonds is 5. The van der Waals surface area contributed by atoms with Crippen molar-refractivity contribution in [3.63, 3.8) is 0 Å². The van der Waals surface area contributed by atoms with E-state index >= 15 is 0 Å². The summed E-state index contributed by atoms with van der Waals surface area (Å²) >= 11 is 0. The van der Waals surface area contributed by atoms with Gasteiger partial charge in [-0.25, -0.2) is 8.42 Å². The third-order valence-corrected chi connectivity index (χ3v) is 4.00. The van der Waals surface area contributed by atoms with Gasteiger partial charge in [0.15, 0.2) is 9.84 Å². The normalized spacial score (nSPS) is 13.4. The second-order valence-electron chi connectivity index (χ2n) is 3.76. The minimum atomic E-state index is -3.18. The third-order valence-electron chi connectivity index (χ3n) is 2.22. The number of nitrogens with two attached hydrogens (primary N) is 1. The van der Waals surface area contributed by atoms with Gasteiger partial charge in [0.05, 0.1) is 16.3 Å². The van der Waals surface area contributed by atoms with Crippen molar-refractivity contribution in [3.05, 3.63) is 24.3 Å². The number of hydrogen-bond donors (Lipinski definition) is 2. The second-order valence-corrected chi connectivity index (χ2v) is 6.00. The molecule has 0 spiro atoms. The van der Waals surface area contributed by atoms with Crippen LogP contribution in [0.4, 0.5) is 5.69 Å². The first-order chi connectivity index (χ1) is 7.47. The number of sulfone groups is 1. The fourth-order valence-corrected chi connectivity index (χ4v) is 2.38. The Morgan fingerprint density at radius 3 is 2.56 bits per heavy atom. The Bertz CT molecular complexity index is 441. The molecule has 0 saturated carbocycles. The third kappa shape index (κ3) is 3.21. The molecule has 4 nitrogen and oxygen atoms in total. The second kappa shape index (κ2) is 5.32. The fraction of sp³-hybridized carbons (Fsp3) is 0.455. The van der Waals surface area contributed by atoms with Gasteiger partial charge in [-0.1, -0.05) is 19.1 Å². The smallest absolute Gasteiger partial charge is 0.180 e. The first-order valence-electron chi connectivity index (χ1n) is 5.28. The SMILES string of the molecule is CCS(=O)(=O)c1ccccc1NCC(C)N. The fourth-order valence-electron chi connectivity index (χ4n) is 1.31. The molecule has 0 aromatic heterocycles. The molecule has 0 heterocycles. The van der Waals surface area contributed by atoms with Gasteiger partial charge in [-0.2, -0.15) is 0 Å². The standard InChI is InChI=1S/C11H18N2O2S/c1-3-16(14,15)11-7-5-4-6-10(11)13-8-9(2)12/h4-7,9,13H,3,8,12H2,1-2H3. The Morgan fingerprint density at radius 2 is 2.00 bits per heavy atom. The summed E-state index contributed by atoms with van der Waals surface area (Å²) in [6, 6.07) is 6.88. The lowest BCUT2D eigenvalue weighted by Gasteiger charge is -2.13. The number of benzene rings is 1. The lowest BCUT2D eigenvalue weighted by molar-refractivity contribution is 0.597. The van der Waals surface area contributed by atoms with Crippen molar-refractivity contribution in [2.24, 2.45) is 5.73 Å². The van der Waals surface area contributed by atoms with Crippen LogP contribution in [0, 0.1) is 0 Å². The van der Waals surface area contributed by atoms with Crippen molar-refractivity contribution in [3.8, 4) is 0 Å². The van der Waals surface area contributed by atoms with Crippen molar-refractivity contribution in [1.29, 1.82) is 0 Å². The highest BCUT2D eigenvalue weighted by Crippen LogP contribution is 2.21. The van der Waals surface area contributed by atoms with Gasteiger partial charge in [-0.15, -0.1) is 0 Å². The molecule has 0 aliphatic heterocycles. The van der Waals surface area contributed by atoms with E-state index in [0.29, 0.717) is 17.1 Å². The molecule has 3 N–H and O–H groups in total. The molecule has 5 heteroatoms. The minimum absolute atomic E-state index is 0.0163. The quantitative estimate of drug-likeness (QED) is 0.815. The summed E-state index contributed by atoms with van der Waals surface area (Å²) in [6.07, 6.45) is 0. The lowest BCUT2D eigenvalue weighted by atomic mass is 10.3. The molecular weight excluding hydrogens is 224 g/mol. The molecule has 0 fully saturated rings. The van der Waals surface area contributed by atoms with E-state index < -0.39 is 9.84 Å². The summed E-state index contributed by atoms with van der Waals surface area (Å²) < 4.78 is 23.6. The minimum Gasteiger partial charge on any atom is -0.382 e. The highest BCUT2D eigenvalue weighted by Gasteiger charge is 2.15. The molecule has 0 bridgehead atoms. The predicted octanol–water partition coefficient (Wildman–Crippen LogP) is 1.24. The topological polar surface area (TPSA) is 72.2 Å². The molecule has 0 aliphatic rings.